The van der Waals surface area contributed by atoms with E-state index in [1.165, 1.54) is 20.4 Å². The van der Waals surface area contributed by atoms with Crippen LogP contribution in [-0.4, -0.2) is 44.0 Å². The Bertz CT molecular complexity index is 1120. The Morgan fingerprint density at radius 1 is 1.20 bits per heavy atom. The molecular weight excluding hydrogens is 507 g/mol. The van der Waals surface area contributed by atoms with Crippen molar-refractivity contribution in [3.63, 3.8) is 0 Å². The number of benzene rings is 2. The number of para-hydroxylation sites is 1. The molecule has 0 radical (unpaired) electrons. The van der Waals surface area contributed by atoms with Crippen LogP contribution in [0.1, 0.15) is 16.1 Å². The van der Waals surface area contributed by atoms with Crippen molar-refractivity contribution in [2.75, 3.05) is 20.8 Å². The van der Waals surface area contributed by atoms with Crippen molar-refractivity contribution < 1.29 is 33.3 Å². The van der Waals surface area contributed by atoms with Crippen molar-refractivity contribution in [2.45, 2.75) is 0 Å². The standard InChI is InChI=1S/C20H17IN2O7/c1-27-14-5-3-4-12-8-16(30-18(12)14)20(26)23-22-9-11-6-13(21)19(15(7-11)28-2)29-10-17(24)25/h3-9H,10H2,1-2H3,(H,23,26)(H,24,25)/b22-9-. The van der Waals surface area contributed by atoms with E-state index in [2.05, 4.69) is 10.5 Å². The van der Waals surface area contributed by atoms with E-state index in [9.17, 15) is 9.59 Å². The molecule has 10 heteroatoms. The van der Waals surface area contributed by atoms with Gasteiger partial charge in [0.1, 0.15) is 0 Å². The summed E-state index contributed by atoms with van der Waals surface area (Å²) in [6.45, 7) is -0.488. The summed E-state index contributed by atoms with van der Waals surface area (Å²) in [5.41, 5.74) is 3.49. The minimum Gasteiger partial charge on any atom is -0.493 e. The summed E-state index contributed by atoms with van der Waals surface area (Å²) in [6.07, 6.45) is 1.42. The molecule has 1 aromatic heterocycles. The molecule has 0 saturated heterocycles. The van der Waals surface area contributed by atoms with Gasteiger partial charge in [0.15, 0.2) is 35.2 Å². The van der Waals surface area contributed by atoms with Crippen LogP contribution < -0.4 is 19.6 Å². The fourth-order valence-electron chi connectivity index (χ4n) is 2.62. The summed E-state index contributed by atoms with van der Waals surface area (Å²) in [7, 11) is 2.96. The first-order valence-electron chi connectivity index (χ1n) is 8.55. The number of hydrogen-bond donors (Lipinski definition) is 2. The topological polar surface area (TPSA) is 120 Å². The lowest BCUT2D eigenvalue weighted by Gasteiger charge is -2.12. The maximum atomic E-state index is 12.3. The van der Waals surface area contributed by atoms with E-state index < -0.39 is 18.5 Å². The van der Waals surface area contributed by atoms with Gasteiger partial charge in [-0.1, -0.05) is 12.1 Å². The molecule has 1 heterocycles. The predicted molar refractivity (Wildman–Crippen MR) is 117 cm³/mol. The first kappa shape index (κ1) is 21.4. The van der Waals surface area contributed by atoms with Crippen LogP contribution >= 0.6 is 22.6 Å². The van der Waals surface area contributed by atoms with Crippen molar-refractivity contribution in [1.29, 1.82) is 0 Å². The number of ether oxygens (including phenoxy) is 3. The number of aliphatic carboxylic acids is 1. The zero-order chi connectivity index (χ0) is 21.7. The lowest BCUT2D eigenvalue weighted by Crippen LogP contribution is -2.16. The molecule has 3 aromatic rings. The van der Waals surface area contributed by atoms with Crippen LogP contribution in [0, 0.1) is 3.57 Å². The minimum atomic E-state index is -1.09. The summed E-state index contributed by atoms with van der Waals surface area (Å²) >= 11 is 2.00. The predicted octanol–water partition coefficient (Wildman–Crippen LogP) is 3.28. The molecule has 2 aromatic carbocycles. The molecule has 0 saturated carbocycles. The normalized spacial score (nSPS) is 10.9. The van der Waals surface area contributed by atoms with E-state index in [1.54, 1.807) is 30.3 Å². The Morgan fingerprint density at radius 2 is 1.97 bits per heavy atom. The van der Waals surface area contributed by atoms with Gasteiger partial charge in [0.05, 0.1) is 24.0 Å². The van der Waals surface area contributed by atoms with Crippen molar-refractivity contribution in [3.8, 4) is 17.2 Å². The average molecular weight is 524 g/mol. The van der Waals surface area contributed by atoms with E-state index in [0.717, 1.165) is 5.39 Å². The zero-order valence-electron chi connectivity index (χ0n) is 16.0. The van der Waals surface area contributed by atoms with Crippen molar-refractivity contribution >= 4 is 51.7 Å². The van der Waals surface area contributed by atoms with E-state index in [4.69, 9.17) is 23.7 Å². The third-order valence-corrected chi connectivity index (χ3v) is 4.72. The second kappa shape index (κ2) is 9.48. The maximum absolute atomic E-state index is 12.3. The molecule has 3 rings (SSSR count). The Balaban J connectivity index is 1.74. The molecule has 1 amide bonds. The average Bonchev–Trinajstić information content (AvgIpc) is 3.17. The zero-order valence-corrected chi connectivity index (χ0v) is 18.1. The van der Waals surface area contributed by atoms with Crippen LogP contribution in [0.3, 0.4) is 0 Å². The van der Waals surface area contributed by atoms with Crippen molar-refractivity contribution in [1.82, 2.24) is 5.43 Å². The van der Waals surface area contributed by atoms with Gasteiger partial charge in [-0.25, -0.2) is 10.2 Å². The molecule has 0 aliphatic heterocycles. The van der Waals surface area contributed by atoms with Gasteiger partial charge in [-0.15, -0.1) is 0 Å². The van der Waals surface area contributed by atoms with E-state index in [-0.39, 0.29) is 5.76 Å². The molecule has 156 valence electrons. The van der Waals surface area contributed by atoms with Crippen LogP contribution in [0.5, 0.6) is 17.2 Å². The summed E-state index contributed by atoms with van der Waals surface area (Å²) in [4.78, 5) is 23.1. The Hall–Kier alpha value is -3.28. The van der Waals surface area contributed by atoms with Gasteiger partial charge in [-0.3, -0.25) is 4.79 Å². The van der Waals surface area contributed by atoms with Crippen LogP contribution in [0.4, 0.5) is 0 Å². The van der Waals surface area contributed by atoms with Gasteiger partial charge in [-0.05, 0) is 52.4 Å². The molecule has 0 bridgehead atoms. The lowest BCUT2D eigenvalue weighted by molar-refractivity contribution is -0.139. The molecule has 0 aliphatic carbocycles. The number of carbonyl (C=O) groups excluding carboxylic acids is 1. The fraction of sp³-hybridized carbons (Fsp3) is 0.150. The van der Waals surface area contributed by atoms with Gasteiger partial charge in [0.25, 0.3) is 0 Å². The van der Waals surface area contributed by atoms with Crippen LogP contribution in [-0.2, 0) is 4.79 Å². The second-order valence-corrected chi connectivity index (χ2v) is 7.07. The first-order chi connectivity index (χ1) is 14.4. The van der Waals surface area contributed by atoms with E-state index in [1.807, 2.05) is 28.7 Å². The number of carboxylic acids is 1. The Morgan fingerprint density at radius 3 is 2.67 bits per heavy atom. The highest BCUT2D eigenvalue weighted by atomic mass is 127. The minimum absolute atomic E-state index is 0.0937. The fourth-order valence-corrected chi connectivity index (χ4v) is 3.40. The van der Waals surface area contributed by atoms with Gasteiger partial charge in [0, 0.05) is 5.39 Å². The monoisotopic (exact) mass is 524 g/mol. The number of hydrazone groups is 1. The highest BCUT2D eigenvalue weighted by Gasteiger charge is 2.15. The maximum Gasteiger partial charge on any atom is 0.341 e. The number of rotatable bonds is 8. The van der Waals surface area contributed by atoms with Crippen LogP contribution in [0.15, 0.2) is 45.9 Å². The number of hydrogen-bond acceptors (Lipinski definition) is 7. The number of amides is 1. The van der Waals surface area contributed by atoms with Gasteiger partial charge >= 0.3 is 11.9 Å². The number of nitrogens with one attached hydrogen (secondary N) is 1. The van der Waals surface area contributed by atoms with Crippen molar-refractivity contribution in [3.05, 3.63) is 51.3 Å². The number of carboxylic acid groups (broad SMARTS) is 1. The van der Waals surface area contributed by atoms with E-state index >= 15 is 0 Å². The highest BCUT2D eigenvalue weighted by Crippen LogP contribution is 2.33. The molecule has 0 unspecified atom stereocenters. The van der Waals surface area contributed by atoms with Gasteiger partial charge in [-0.2, -0.15) is 5.10 Å². The number of carbonyl (C=O) groups is 2. The molecule has 0 fully saturated rings. The van der Waals surface area contributed by atoms with Gasteiger partial charge < -0.3 is 23.7 Å². The SMILES string of the molecule is COc1cc(/C=N\NC(=O)c2cc3cccc(OC)c3o2)cc(I)c1OCC(=O)O. The molecule has 0 spiro atoms. The number of nitrogens with zero attached hydrogens (tertiary/aromatic N) is 1. The second-order valence-electron chi connectivity index (χ2n) is 5.90. The molecule has 0 atom stereocenters. The largest absolute Gasteiger partial charge is 0.493 e. The quantitative estimate of drug-likeness (QED) is 0.264. The Labute approximate surface area is 184 Å². The van der Waals surface area contributed by atoms with Crippen LogP contribution in [0.2, 0.25) is 0 Å². The van der Waals surface area contributed by atoms with Gasteiger partial charge in [0.2, 0.25) is 0 Å². The first-order valence-corrected chi connectivity index (χ1v) is 9.63. The number of halogens is 1. The molecule has 9 nitrogen and oxygen atoms in total. The number of fused-ring (bicyclic) bond motifs is 1. The summed E-state index contributed by atoms with van der Waals surface area (Å²) < 4.78 is 21.9. The number of methoxy groups -OCH3 is 2. The third kappa shape index (κ3) is 4.82. The summed E-state index contributed by atoms with van der Waals surface area (Å²) in [5.74, 6) is -0.326. The Kier molecular flexibility index (Phi) is 6.77. The third-order valence-electron chi connectivity index (χ3n) is 3.92. The molecular formula is C20H17IN2O7. The molecule has 2 N–H and O–H groups in total. The van der Waals surface area contributed by atoms with E-state index in [0.29, 0.717) is 32.0 Å². The summed E-state index contributed by atoms with van der Waals surface area (Å²) in [6, 6.07) is 10.3. The molecule has 0 aliphatic rings. The number of furan rings is 1. The van der Waals surface area contributed by atoms with Crippen molar-refractivity contribution in [2.24, 2.45) is 5.10 Å². The van der Waals surface area contributed by atoms with Crippen LogP contribution in [0.25, 0.3) is 11.0 Å². The smallest absolute Gasteiger partial charge is 0.341 e. The lowest BCUT2D eigenvalue weighted by atomic mass is 10.2. The highest BCUT2D eigenvalue weighted by molar-refractivity contribution is 14.1. The summed E-state index contributed by atoms with van der Waals surface area (Å²) in [5, 5.41) is 13.5. The molecule has 30 heavy (non-hydrogen) atoms.